The van der Waals surface area contributed by atoms with Gasteiger partial charge in [0, 0.05) is 10.7 Å². The third-order valence-electron chi connectivity index (χ3n) is 1.79. The van der Waals surface area contributed by atoms with Gasteiger partial charge in [-0.15, -0.1) is 0 Å². The number of rotatable bonds is 3. The van der Waals surface area contributed by atoms with Crippen LogP contribution in [-0.2, 0) is 9.05 Å². The summed E-state index contributed by atoms with van der Waals surface area (Å²) >= 11 is 0. The summed E-state index contributed by atoms with van der Waals surface area (Å²) in [5, 5.41) is -0.871. The molecule has 1 rings (SSSR count). The molecule has 0 N–H and O–H groups in total. The van der Waals surface area contributed by atoms with Gasteiger partial charge in [-0.1, -0.05) is 6.92 Å². The van der Waals surface area contributed by atoms with Gasteiger partial charge >= 0.3 is 0 Å². The molecule has 0 fully saturated rings. The molecule has 0 aromatic carbocycles. The Balaban J connectivity index is 3.08. The van der Waals surface area contributed by atoms with Gasteiger partial charge in [-0.05, 0) is 18.6 Å². The van der Waals surface area contributed by atoms with E-state index in [9.17, 15) is 12.8 Å². The molecule has 1 atom stereocenters. The molecule has 78 valence electrons. The fourth-order valence-corrected chi connectivity index (χ4v) is 2.61. The molecule has 1 unspecified atom stereocenters. The summed E-state index contributed by atoms with van der Waals surface area (Å²) in [4.78, 5) is 3.68. The molecule has 0 radical (unpaired) electrons. The first kappa shape index (κ1) is 11.4. The molecule has 0 saturated carbocycles. The Morgan fingerprint density at radius 2 is 2.21 bits per heavy atom. The monoisotopic (exact) mass is 237 g/mol. The number of hydrogen-bond acceptors (Lipinski definition) is 3. The number of halogens is 2. The minimum absolute atomic E-state index is 0.268. The predicted octanol–water partition coefficient (Wildman–Crippen LogP) is 2.24. The van der Waals surface area contributed by atoms with Gasteiger partial charge in [-0.3, -0.25) is 4.98 Å². The minimum Gasteiger partial charge on any atom is -0.257 e. The van der Waals surface area contributed by atoms with Gasteiger partial charge in [0.15, 0.2) is 0 Å². The zero-order valence-corrected chi connectivity index (χ0v) is 9.02. The zero-order valence-electron chi connectivity index (χ0n) is 7.44. The summed E-state index contributed by atoms with van der Waals surface area (Å²) in [6.07, 6.45) is 1.28. The van der Waals surface area contributed by atoms with Crippen molar-refractivity contribution in [1.82, 2.24) is 4.98 Å². The third kappa shape index (κ3) is 2.65. The van der Waals surface area contributed by atoms with Crippen LogP contribution in [-0.4, -0.2) is 13.4 Å². The highest BCUT2D eigenvalue weighted by molar-refractivity contribution is 8.13. The summed E-state index contributed by atoms with van der Waals surface area (Å²) < 4.78 is 34.7. The quantitative estimate of drug-likeness (QED) is 0.758. The maximum atomic E-state index is 12.5. The van der Waals surface area contributed by atoms with Crippen molar-refractivity contribution < 1.29 is 12.8 Å². The van der Waals surface area contributed by atoms with Crippen molar-refractivity contribution >= 4 is 19.7 Å². The summed E-state index contributed by atoms with van der Waals surface area (Å²) in [6, 6.07) is 2.48. The molecule has 14 heavy (non-hydrogen) atoms. The van der Waals surface area contributed by atoms with E-state index in [4.69, 9.17) is 10.7 Å². The second kappa shape index (κ2) is 4.23. The Hall–Kier alpha value is -0.680. The summed E-state index contributed by atoms with van der Waals surface area (Å²) in [6.45, 7) is 1.68. The van der Waals surface area contributed by atoms with E-state index in [2.05, 4.69) is 4.98 Å². The van der Waals surface area contributed by atoms with Crippen LogP contribution in [0.1, 0.15) is 24.3 Å². The van der Waals surface area contributed by atoms with Gasteiger partial charge < -0.3 is 0 Å². The molecule has 0 aliphatic rings. The number of aromatic nitrogens is 1. The fraction of sp³-hybridized carbons (Fsp3) is 0.375. The molecule has 0 saturated heterocycles. The van der Waals surface area contributed by atoms with E-state index in [1.54, 1.807) is 6.92 Å². The van der Waals surface area contributed by atoms with Crippen LogP contribution in [0.4, 0.5) is 4.39 Å². The van der Waals surface area contributed by atoms with Crippen molar-refractivity contribution in [2.45, 2.75) is 18.6 Å². The number of nitrogens with zero attached hydrogens (tertiary/aromatic N) is 1. The van der Waals surface area contributed by atoms with Crippen LogP contribution in [0.2, 0.25) is 0 Å². The van der Waals surface area contributed by atoms with E-state index >= 15 is 0 Å². The van der Waals surface area contributed by atoms with Crippen molar-refractivity contribution in [3.05, 3.63) is 29.8 Å². The predicted molar refractivity (Wildman–Crippen MR) is 52.0 cm³/mol. The van der Waals surface area contributed by atoms with E-state index in [0.717, 1.165) is 12.3 Å². The van der Waals surface area contributed by atoms with Crippen LogP contribution < -0.4 is 0 Å². The van der Waals surface area contributed by atoms with Crippen molar-refractivity contribution in [1.29, 1.82) is 0 Å². The molecule has 1 aromatic rings. The molecule has 0 amide bonds. The molecule has 1 heterocycles. The van der Waals surface area contributed by atoms with Gasteiger partial charge in [0.25, 0.3) is 0 Å². The van der Waals surface area contributed by atoms with Crippen LogP contribution in [0, 0.1) is 5.82 Å². The molecule has 1 aromatic heterocycles. The Morgan fingerprint density at radius 1 is 1.57 bits per heavy atom. The second-order valence-electron chi connectivity index (χ2n) is 2.77. The first-order chi connectivity index (χ1) is 6.45. The Kier molecular flexibility index (Phi) is 3.44. The van der Waals surface area contributed by atoms with Gasteiger partial charge in [0.1, 0.15) is 11.1 Å². The van der Waals surface area contributed by atoms with E-state index < -0.39 is 20.1 Å². The fourth-order valence-electron chi connectivity index (χ4n) is 1.13. The Morgan fingerprint density at radius 3 is 2.57 bits per heavy atom. The Labute approximate surface area is 86.3 Å². The first-order valence-corrected chi connectivity index (χ1v) is 6.37. The summed E-state index contributed by atoms with van der Waals surface area (Å²) in [5.74, 6) is -0.504. The largest absolute Gasteiger partial charge is 0.257 e. The first-order valence-electron chi connectivity index (χ1n) is 4.00. The molecule has 0 bridgehead atoms. The zero-order chi connectivity index (χ0) is 10.8. The molecular weight excluding hydrogens is 229 g/mol. The lowest BCUT2D eigenvalue weighted by Gasteiger charge is -2.09. The van der Waals surface area contributed by atoms with Gasteiger partial charge in [0.05, 0.1) is 11.9 Å². The molecule has 0 aliphatic heterocycles. The van der Waals surface area contributed by atoms with E-state index in [0.29, 0.717) is 6.42 Å². The lowest BCUT2D eigenvalue weighted by atomic mass is 10.2. The normalized spacial score (nSPS) is 13.9. The maximum absolute atomic E-state index is 12.5. The summed E-state index contributed by atoms with van der Waals surface area (Å²) in [5.41, 5.74) is 0.268. The smallest absolute Gasteiger partial charge is 0.241 e. The Bertz CT molecular complexity index is 404. The topological polar surface area (TPSA) is 47.0 Å². The van der Waals surface area contributed by atoms with Crippen molar-refractivity contribution in [3.63, 3.8) is 0 Å². The standard InChI is InChI=1S/C8H9ClFNO2S/c1-2-8(14(9,12)13)7-4-3-6(10)5-11-7/h3-5,8H,2H2,1H3. The van der Waals surface area contributed by atoms with Crippen LogP contribution in [0.3, 0.4) is 0 Å². The second-order valence-corrected chi connectivity index (χ2v) is 5.58. The lowest BCUT2D eigenvalue weighted by Crippen LogP contribution is -2.08. The van der Waals surface area contributed by atoms with E-state index in [-0.39, 0.29) is 5.69 Å². The van der Waals surface area contributed by atoms with Crippen LogP contribution in [0.15, 0.2) is 18.3 Å². The molecule has 0 aliphatic carbocycles. The SMILES string of the molecule is CCC(c1ccc(F)cn1)S(=O)(=O)Cl. The average molecular weight is 238 g/mol. The summed E-state index contributed by atoms with van der Waals surface area (Å²) in [7, 11) is 1.52. The van der Waals surface area contributed by atoms with Gasteiger partial charge in [-0.25, -0.2) is 12.8 Å². The van der Waals surface area contributed by atoms with Crippen molar-refractivity contribution in [2.75, 3.05) is 0 Å². The maximum Gasteiger partial charge on any atom is 0.241 e. The average Bonchev–Trinajstić information content (AvgIpc) is 2.07. The van der Waals surface area contributed by atoms with E-state index in [1.165, 1.54) is 6.07 Å². The minimum atomic E-state index is -3.69. The van der Waals surface area contributed by atoms with Crippen LogP contribution in [0.5, 0.6) is 0 Å². The van der Waals surface area contributed by atoms with Crippen molar-refractivity contribution in [2.24, 2.45) is 0 Å². The van der Waals surface area contributed by atoms with Crippen LogP contribution in [0.25, 0.3) is 0 Å². The lowest BCUT2D eigenvalue weighted by molar-refractivity contribution is 0.588. The molecule has 6 heteroatoms. The van der Waals surface area contributed by atoms with Gasteiger partial charge in [-0.2, -0.15) is 0 Å². The van der Waals surface area contributed by atoms with Crippen LogP contribution >= 0.6 is 10.7 Å². The number of pyridine rings is 1. The van der Waals surface area contributed by atoms with Crippen molar-refractivity contribution in [3.8, 4) is 0 Å². The highest BCUT2D eigenvalue weighted by atomic mass is 35.7. The van der Waals surface area contributed by atoms with Gasteiger partial charge in [0.2, 0.25) is 9.05 Å². The molecular formula is C8H9ClFNO2S. The highest BCUT2D eigenvalue weighted by Gasteiger charge is 2.24. The molecule has 3 nitrogen and oxygen atoms in total. The third-order valence-corrected chi connectivity index (χ3v) is 3.69. The highest BCUT2D eigenvalue weighted by Crippen LogP contribution is 2.27. The van der Waals surface area contributed by atoms with E-state index in [1.807, 2.05) is 0 Å². The molecule has 0 spiro atoms. The number of hydrogen-bond donors (Lipinski definition) is 0.